The highest BCUT2D eigenvalue weighted by atomic mass is 35.5. The highest BCUT2D eigenvalue weighted by molar-refractivity contribution is 7.91. The summed E-state index contributed by atoms with van der Waals surface area (Å²) in [6.45, 7) is 1.68. The van der Waals surface area contributed by atoms with Crippen LogP contribution in [0.25, 0.3) is 0 Å². The monoisotopic (exact) mass is 349 g/mol. The first kappa shape index (κ1) is 16.0. The minimum Gasteiger partial charge on any atom is -0.480 e. The summed E-state index contributed by atoms with van der Waals surface area (Å²) in [6, 6.07) is 0.112. The lowest BCUT2D eigenvalue weighted by Gasteiger charge is -2.13. The van der Waals surface area contributed by atoms with Gasteiger partial charge in [-0.2, -0.15) is 4.72 Å². The fraction of sp³-hybridized carbons (Fsp3) is 0.273. The minimum atomic E-state index is -3.94. The van der Waals surface area contributed by atoms with Crippen molar-refractivity contribution in [2.24, 2.45) is 0 Å². The van der Waals surface area contributed by atoms with E-state index >= 15 is 0 Å². The van der Waals surface area contributed by atoms with Gasteiger partial charge < -0.3 is 10.1 Å². The SMILES string of the molecule is Cc1cc(S(=O)(=O)N[C@@H](Cc2cnc[nH]2)C(=O)O)sc1Cl. The second-order valence-electron chi connectivity index (χ2n) is 4.32. The maximum atomic E-state index is 12.2. The van der Waals surface area contributed by atoms with Gasteiger partial charge in [0.2, 0.25) is 0 Å². The van der Waals surface area contributed by atoms with Crippen LogP contribution in [0.4, 0.5) is 0 Å². The Bertz CT molecular complexity index is 720. The Kier molecular flexibility index (Phi) is 4.67. The summed E-state index contributed by atoms with van der Waals surface area (Å²) in [4.78, 5) is 17.7. The van der Waals surface area contributed by atoms with Crippen LogP contribution in [-0.4, -0.2) is 35.5 Å². The second kappa shape index (κ2) is 6.14. The van der Waals surface area contributed by atoms with E-state index in [1.165, 1.54) is 18.6 Å². The van der Waals surface area contributed by atoms with Crippen molar-refractivity contribution in [1.29, 1.82) is 0 Å². The van der Waals surface area contributed by atoms with Crippen molar-refractivity contribution in [3.8, 4) is 0 Å². The van der Waals surface area contributed by atoms with E-state index in [0.717, 1.165) is 11.3 Å². The number of H-pyrrole nitrogens is 1. The van der Waals surface area contributed by atoms with E-state index < -0.39 is 22.0 Å². The number of carboxylic acids is 1. The van der Waals surface area contributed by atoms with Gasteiger partial charge in [0.05, 0.1) is 10.7 Å². The number of hydrogen-bond donors (Lipinski definition) is 3. The molecular weight excluding hydrogens is 338 g/mol. The van der Waals surface area contributed by atoms with Gasteiger partial charge in [0, 0.05) is 18.3 Å². The van der Waals surface area contributed by atoms with Crippen LogP contribution in [0.1, 0.15) is 11.3 Å². The lowest BCUT2D eigenvalue weighted by molar-refractivity contribution is -0.138. The predicted octanol–water partition coefficient (Wildman–Crippen LogP) is 1.41. The number of nitrogens with zero attached hydrogens (tertiary/aromatic N) is 1. The number of aromatic amines is 1. The highest BCUT2D eigenvalue weighted by Crippen LogP contribution is 2.30. The third-order valence-electron chi connectivity index (χ3n) is 2.67. The summed E-state index contributed by atoms with van der Waals surface area (Å²) < 4.78 is 26.9. The van der Waals surface area contributed by atoms with Gasteiger partial charge in [-0.15, -0.1) is 11.3 Å². The molecule has 1 atom stereocenters. The number of aromatic nitrogens is 2. The molecule has 0 unspecified atom stereocenters. The van der Waals surface area contributed by atoms with Gasteiger partial charge in [0.1, 0.15) is 10.3 Å². The van der Waals surface area contributed by atoms with Crippen LogP contribution < -0.4 is 4.72 Å². The molecule has 0 aliphatic carbocycles. The van der Waals surface area contributed by atoms with Crippen molar-refractivity contribution < 1.29 is 18.3 Å². The summed E-state index contributed by atoms with van der Waals surface area (Å²) in [6.07, 6.45) is 2.80. The molecule has 3 N–H and O–H groups in total. The molecule has 2 aromatic heterocycles. The van der Waals surface area contributed by atoms with Gasteiger partial charge >= 0.3 is 5.97 Å². The van der Waals surface area contributed by atoms with Gasteiger partial charge in [0.25, 0.3) is 10.0 Å². The summed E-state index contributed by atoms with van der Waals surface area (Å²) in [5, 5.41) is 9.16. The summed E-state index contributed by atoms with van der Waals surface area (Å²) in [5.74, 6) is -1.27. The van der Waals surface area contributed by atoms with Crippen LogP contribution in [0.2, 0.25) is 4.34 Å². The summed E-state index contributed by atoms with van der Waals surface area (Å²) in [7, 11) is -3.94. The molecule has 2 heterocycles. The Hall–Kier alpha value is -1.42. The third kappa shape index (κ3) is 3.82. The fourth-order valence-electron chi connectivity index (χ4n) is 1.61. The van der Waals surface area contributed by atoms with Crippen LogP contribution >= 0.6 is 22.9 Å². The molecule has 0 radical (unpaired) electrons. The van der Waals surface area contributed by atoms with Crippen molar-refractivity contribution in [1.82, 2.24) is 14.7 Å². The Balaban J connectivity index is 2.21. The quantitative estimate of drug-likeness (QED) is 0.729. The highest BCUT2D eigenvalue weighted by Gasteiger charge is 2.27. The molecule has 0 aromatic carbocycles. The fourth-order valence-corrected chi connectivity index (χ4v) is 4.52. The van der Waals surface area contributed by atoms with Crippen molar-refractivity contribution in [2.45, 2.75) is 23.6 Å². The third-order valence-corrected chi connectivity index (χ3v) is 6.17. The molecule has 0 aliphatic rings. The van der Waals surface area contributed by atoms with Gasteiger partial charge in [0.15, 0.2) is 0 Å². The van der Waals surface area contributed by atoms with E-state index in [9.17, 15) is 13.2 Å². The average molecular weight is 350 g/mol. The molecule has 2 aromatic rings. The van der Waals surface area contributed by atoms with Crippen molar-refractivity contribution in [3.05, 3.63) is 34.2 Å². The maximum Gasteiger partial charge on any atom is 0.322 e. The van der Waals surface area contributed by atoms with Crippen LogP contribution in [-0.2, 0) is 21.2 Å². The zero-order valence-corrected chi connectivity index (χ0v) is 13.2. The molecule has 2 rings (SSSR count). The minimum absolute atomic E-state index is 0.0131. The van der Waals surface area contributed by atoms with Crippen LogP contribution in [0.15, 0.2) is 22.8 Å². The molecule has 21 heavy (non-hydrogen) atoms. The predicted molar refractivity (Wildman–Crippen MR) is 78.1 cm³/mol. The molecule has 0 bridgehead atoms. The zero-order valence-electron chi connectivity index (χ0n) is 10.8. The molecule has 0 spiro atoms. The average Bonchev–Trinajstić information content (AvgIpc) is 3.00. The van der Waals surface area contributed by atoms with E-state index in [1.807, 2.05) is 0 Å². The van der Waals surface area contributed by atoms with E-state index in [0.29, 0.717) is 15.6 Å². The largest absolute Gasteiger partial charge is 0.480 e. The number of nitrogens with one attached hydrogen (secondary N) is 2. The Morgan fingerprint density at radius 1 is 1.62 bits per heavy atom. The molecule has 0 saturated carbocycles. The molecule has 114 valence electrons. The Morgan fingerprint density at radius 3 is 2.81 bits per heavy atom. The molecule has 0 fully saturated rings. The number of imidazole rings is 1. The summed E-state index contributed by atoms with van der Waals surface area (Å²) in [5.41, 5.74) is 1.15. The number of rotatable bonds is 6. The number of carboxylic acid groups (broad SMARTS) is 1. The lowest BCUT2D eigenvalue weighted by atomic mass is 10.2. The normalized spacial score (nSPS) is 13.2. The van der Waals surface area contributed by atoms with Crippen LogP contribution in [0.3, 0.4) is 0 Å². The second-order valence-corrected chi connectivity index (χ2v) is 7.91. The molecule has 0 amide bonds. The number of aliphatic carboxylic acids is 1. The zero-order chi connectivity index (χ0) is 15.6. The first-order chi connectivity index (χ1) is 9.79. The molecule has 10 heteroatoms. The first-order valence-electron chi connectivity index (χ1n) is 5.78. The smallest absolute Gasteiger partial charge is 0.322 e. The van der Waals surface area contributed by atoms with Gasteiger partial charge in [-0.05, 0) is 18.6 Å². The Morgan fingerprint density at radius 2 is 2.33 bits per heavy atom. The van der Waals surface area contributed by atoms with E-state index in [-0.39, 0.29) is 10.6 Å². The molecule has 7 nitrogen and oxygen atoms in total. The van der Waals surface area contributed by atoms with E-state index in [2.05, 4.69) is 14.7 Å². The van der Waals surface area contributed by atoms with Crippen molar-refractivity contribution in [2.75, 3.05) is 0 Å². The molecule has 0 aliphatic heterocycles. The number of aryl methyl sites for hydroxylation is 1. The molecular formula is C11H12ClN3O4S2. The van der Waals surface area contributed by atoms with Crippen molar-refractivity contribution >= 4 is 38.9 Å². The van der Waals surface area contributed by atoms with E-state index in [4.69, 9.17) is 16.7 Å². The topological polar surface area (TPSA) is 112 Å². The van der Waals surface area contributed by atoms with Gasteiger partial charge in [-0.25, -0.2) is 13.4 Å². The van der Waals surface area contributed by atoms with Crippen molar-refractivity contribution in [3.63, 3.8) is 0 Å². The van der Waals surface area contributed by atoms with E-state index in [1.54, 1.807) is 6.92 Å². The number of carbonyl (C=O) groups is 1. The Labute approximate surface area is 130 Å². The first-order valence-corrected chi connectivity index (χ1v) is 8.45. The number of hydrogen-bond acceptors (Lipinski definition) is 5. The number of sulfonamides is 1. The lowest BCUT2D eigenvalue weighted by Crippen LogP contribution is -2.42. The summed E-state index contributed by atoms with van der Waals surface area (Å²) >= 11 is 6.73. The van der Waals surface area contributed by atoms with Gasteiger partial charge in [-0.1, -0.05) is 11.6 Å². The maximum absolute atomic E-state index is 12.2. The standard InChI is InChI=1S/C11H12ClN3O4S2/c1-6-2-9(20-10(6)12)21(18,19)15-8(11(16)17)3-7-4-13-5-14-7/h2,4-5,8,15H,3H2,1H3,(H,13,14)(H,16,17)/t8-/m0/s1. The molecule has 0 saturated heterocycles. The number of halogens is 1. The van der Waals surface area contributed by atoms with Gasteiger partial charge in [-0.3, -0.25) is 4.79 Å². The number of thiophene rings is 1. The van der Waals surface area contributed by atoms with Crippen LogP contribution in [0, 0.1) is 6.92 Å². The van der Waals surface area contributed by atoms with Crippen LogP contribution in [0.5, 0.6) is 0 Å².